The Bertz CT molecular complexity index is 920. The predicted octanol–water partition coefficient (Wildman–Crippen LogP) is 4.41. The molecule has 0 bridgehead atoms. The molecule has 4 rings (SSSR count). The minimum absolute atomic E-state index is 0.189. The Morgan fingerprint density at radius 2 is 1.54 bits per heavy atom. The summed E-state index contributed by atoms with van der Waals surface area (Å²) in [6, 6.07) is 4.12. The van der Waals surface area contributed by atoms with E-state index in [2.05, 4.69) is 19.9 Å². The molecule has 1 aliphatic heterocycles. The summed E-state index contributed by atoms with van der Waals surface area (Å²) in [5.74, 6) is 4.55. The van der Waals surface area contributed by atoms with Gasteiger partial charge >= 0.3 is 0 Å². The number of rotatable bonds is 4. The maximum Gasteiger partial charge on any atom is 0.231 e. The van der Waals surface area contributed by atoms with Crippen molar-refractivity contribution >= 4 is 0 Å². The average molecular weight is 386 g/mol. The number of methoxy groups -OCH3 is 4. The second kappa shape index (κ2) is 7.00. The molecule has 0 saturated carbocycles. The lowest BCUT2D eigenvalue weighted by atomic mass is 9.85. The molecule has 0 unspecified atom stereocenters. The topological polar surface area (TPSA) is 55.4 Å². The lowest BCUT2D eigenvalue weighted by Crippen LogP contribution is -2.08. The molecule has 6 nitrogen and oxygen atoms in total. The van der Waals surface area contributed by atoms with Crippen LogP contribution in [-0.2, 0) is 6.42 Å². The maximum absolute atomic E-state index is 5.85. The van der Waals surface area contributed by atoms with Crippen LogP contribution in [-0.4, -0.2) is 35.2 Å². The first-order valence-corrected chi connectivity index (χ1v) is 9.38. The molecule has 0 spiro atoms. The fraction of sp³-hybridized carbons (Fsp3) is 0.455. The van der Waals surface area contributed by atoms with Crippen LogP contribution in [0.2, 0.25) is 0 Å². The van der Waals surface area contributed by atoms with E-state index in [1.54, 1.807) is 28.4 Å². The van der Waals surface area contributed by atoms with Crippen molar-refractivity contribution in [3.8, 4) is 45.6 Å². The molecule has 0 N–H and O–H groups in total. The van der Waals surface area contributed by atoms with Crippen LogP contribution in [0.15, 0.2) is 12.1 Å². The van der Waals surface area contributed by atoms with E-state index in [9.17, 15) is 0 Å². The van der Waals surface area contributed by atoms with E-state index in [0.717, 1.165) is 34.4 Å². The Kier molecular flexibility index (Phi) is 4.65. The van der Waals surface area contributed by atoms with Crippen LogP contribution in [0, 0.1) is 5.92 Å². The van der Waals surface area contributed by atoms with Crippen LogP contribution in [0.4, 0.5) is 0 Å². The number of ether oxygens (including phenoxy) is 6. The fourth-order valence-electron chi connectivity index (χ4n) is 4.32. The summed E-state index contributed by atoms with van der Waals surface area (Å²) in [4.78, 5) is 0. The van der Waals surface area contributed by atoms with Gasteiger partial charge in [-0.3, -0.25) is 0 Å². The van der Waals surface area contributed by atoms with Crippen LogP contribution in [0.3, 0.4) is 0 Å². The molecule has 0 amide bonds. The molecule has 0 radical (unpaired) electrons. The Labute approximate surface area is 165 Å². The van der Waals surface area contributed by atoms with Gasteiger partial charge < -0.3 is 28.4 Å². The third-order valence-corrected chi connectivity index (χ3v) is 5.90. The van der Waals surface area contributed by atoms with E-state index >= 15 is 0 Å². The molecule has 2 atom stereocenters. The molecule has 2 aromatic carbocycles. The predicted molar refractivity (Wildman–Crippen MR) is 105 cm³/mol. The molecule has 2 aliphatic rings. The van der Waals surface area contributed by atoms with Crippen LogP contribution in [0.5, 0.6) is 34.5 Å². The van der Waals surface area contributed by atoms with Gasteiger partial charge in [0.2, 0.25) is 18.3 Å². The highest BCUT2D eigenvalue weighted by Gasteiger charge is 2.36. The van der Waals surface area contributed by atoms with Gasteiger partial charge in [-0.05, 0) is 41.5 Å². The van der Waals surface area contributed by atoms with Crippen molar-refractivity contribution < 1.29 is 28.4 Å². The van der Waals surface area contributed by atoms with Crippen molar-refractivity contribution in [1.82, 2.24) is 0 Å². The third-order valence-electron chi connectivity index (χ3n) is 5.90. The molecule has 150 valence electrons. The average Bonchev–Trinajstić information content (AvgIpc) is 3.15. The zero-order valence-electron chi connectivity index (χ0n) is 17.2. The first kappa shape index (κ1) is 18.6. The van der Waals surface area contributed by atoms with Crippen molar-refractivity contribution in [3.63, 3.8) is 0 Å². The maximum atomic E-state index is 5.85. The van der Waals surface area contributed by atoms with E-state index < -0.39 is 0 Å². The molecular formula is C22H26O6. The lowest BCUT2D eigenvalue weighted by Gasteiger charge is -2.22. The molecule has 0 fully saturated rings. The molecule has 0 saturated heterocycles. The zero-order valence-corrected chi connectivity index (χ0v) is 17.2. The van der Waals surface area contributed by atoms with Gasteiger partial charge in [-0.15, -0.1) is 0 Å². The van der Waals surface area contributed by atoms with E-state index in [-0.39, 0.29) is 12.7 Å². The molecule has 2 aromatic rings. The number of fused-ring (bicyclic) bond motifs is 4. The first-order valence-electron chi connectivity index (χ1n) is 9.38. The second-order valence-electron chi connectivity index (χ2n) is 7.26. The summed E-state index contributed by atoms with van der Waals surface area (Å²) in [7, 11) is 6.56. The SMILES string of the molecule is COc1cc2c(c(OC)c1OC)-c1c(cc3c(c1OC)OCO3)[C@H](C)[C@@H](C)C2. The van der Waals surface area contributed by atoms with Gasteiger partial charge in [-0.2, -0.15) is 0 Å². The van der Waals surface area contributed by atoms with Crippen molar-refractivity contribution in [1.29, 1.82) is 0 Å². The van der Waals surface area contributed by atoms with Crippen LogP contribution in [0.25, 0.3) is 11.1 Å². The Balaban J connectivity index is 2.15. The van der Waals surface area contributed by atoms with Crippen LogP contribution >= 0.6 is 0 Å². The monoisotopic (exact) mass is 386 g/mol. The van der Waals surface area contributed by atoms with E-state index in [1.807, 2.05) is 6.07 Å². The lowest BCUT2D eigenvalue weighted by molar-refractivity contribution is 0.171. The Morgan fingerprint density at radius 1 is 0.821 bits per heavy atom. The largest absolute Gasteiger partial charge is 0.493 e. The summed E-state index contributed by atoms with van der Waals surface area (Å²) >= 11 is 0. The smallest absolute Gasteiger partial charge is 0.231 e. The normalized spacial score (nSPS) is 19.4. The number of benzene rings is 2. The van der Waals surface area contributed by atoms with E-state index in [0.29, 0.717) is 34.7 Å². The molecule has 0 aromatic heterocycles. The molecular weight excluding hydrogens is 360 g/mol. The van der Waals surface area contributed by atoms with Gasteiger partial charge in [0.15, 0.2) is 23.0 Å². The van der Waals surface area contributed by atoms with Crippen LogP contribution in [0.1, 0.15) is 30.9 Å². The molecule has 1 aliphatic carbocycles. The molecule has 6 heteroatoms. The highest BCUT2D eigenvalue weighted by molar-refractivity contribution is 5.89. The van der Waals surface area contributed by atoms with Gasteiger partial charge in [0.1, 0.15) is 0 Å². The van der Waals surface area contributed by atoms with Crippen LogP contribution < -0.4 is 28.4 Å². The number of hydrogen-bond acceptors (Lipinski definition) is 6. The van der Waals surface area contributed by atoms with Gasteiger partial charge in [-0.25, -0.2) is 0 Å². The van der Waals surface area contributed by atoms with Crippen molar-refractivity contribution in [3.05, 3.63) is 23.3 Å². The standard InChI is InChI=1S/C22H26O6/c1-11-7-13-8-15(23-3)19(24-4)21(25-5)17(13)18-14(12(11)2)9-16-20(22(18)26-6)28-10-27-16/h8-9,11-12H,7,10H2,1-6H3/t11-,12+/m0/s1. The van der Waals surface area contributed by atoms with Crippen molar-refractivity contribution in [2.24, 2.45) is 5.92 Å². The summed E-state index contributed by atoms with van der Waals surface area (Å²) in [6.45, 7) is 4.68. The van der Waals surface area contributed by atoms with Gasteiger partial charge in [0, 0.05) is 11.1 Å². The minimum atomic E-state index is 0.189. The minimum Gasteiger partial charge on any atom is -0.493 e. The van der Waals surface area contributed by atoms with Crippen molar-refractivity contribution in [2.45, 2.75) is 26.2 Å². The number of hydrogen-bond donors (Lipinski definition) is 0. The second-order valence-corrected chi connectivity index (χ2v) is 7.26. The van der Waals surface area contributed by atoms with Crippen molar-refractivity contribution in [2.75, 3.05) is 35.2 Å². The summed E-state index contributed by atoms with van der Waals surface area (Å²) in [6.07, 6.45) is 0.872. The quantitative estimate of drug-likeness (QED) is 0.776. The molecule has 28 heavy (non-hydrogen) atoms. The van der Waals surface area contributed by atoms with E-state index in [4.69, 9.17) is 28.4 Å². The molecule has 1 heterocycles. The van der Waals surface area contributed by atoms with Gasteiger partial charge in [0.05, 0.1) is 28.4 Å². The zero-order chi connectivity index (χ0) is 20.0. The first-order chi connectivity index (χ1) is 13.5. The highest BCUT2D eigenvalue weighted by Crippen LogP contribution is 2.58. The van der Waals surface area contributed by atoms with Gasteiger partial charge in [0.25, 0.3) is 0 Å². The summed E-state index contributed by atoms with van der Waals surface area (Å²) < 4.78 is 34.3. The van der Waals surface area contributed by atoms with E-state index in [1.165, 1.54) is 0 Å². The fourth-order valence-corrected chi connectivity index (χ4v) is 4.32. The highest BCUT2D eigenvalue weighted by atomic mass is 16.7. The van der Waals surface area contributed by atoms with Gasteiger partial charge in [-0.1, -0.05) is 13.8 Å². The Hall–Kier alpha value is -2.76. The summed E-state index contributed by atoms with van der Waals surface area (Å²) in [5.41, 5.74) is 4.21. The summed E-state index contributed by atoms with van der Waals surface area (Å²) in [5, 5.41) is 0. The Morgan fingerprint density at radius 3 is 2.18 bits per heavy atom. The third kappa shape index (κ3) is 2.54.